The molecule has 1 amide bonds. The Labute approximate surface area is 87.7 Å². The van der Waals surface area contributed by atoms with Gasteiger partial charge in [0.25, 0.3) is 0 Å². The summed E-state index contributed by atoms with van der Waals surface area (Å²) in [5, 5.41) is 0. The number of amides is 1. The van der Waals surface area contributed by atoms with Crippen LogP contribution in [0.3, 0.4) is 0 Å². The van der Waals surface area contributed by atoms with Crippen LogP contribution in [0.5, 0.6) is 0 Å². The van der Waals surface area contributed by atoms with Crippen LogP contribution in [0, 0.1) is 24.7 Å². The molecule has 15 heavy (non-hydrogen) atoms. The fraction of sp³-hybridized carbons (Fsp3) is 0.0833. The van der Waals surface area contributed by atoms with Crippen molar-refractivity contribution in [3.8, 4) is 24.7 Å². The molecule has 0 spiro atoms. The summed E-state index contributed by atoms with van der Waals surface area (Å²) >= 11 is 0. The first-order valence-electron chi connectivity index (χ1n) is 4.16. The second-order valence-corrected chi connectivity index (χ2v) is 2.73. The molecule has 0 radical (unpaired) electrons. The van der Waals surface area contributed by atoms with Crippen LogP contribution in [0.15, 0.2) is 24.3 Å². The Kier molecular flexibility index (Phi) is 3.49. The van der Waals surface area contributed by atoms with Crippen molar-refractivity contribution in [2.45, 2.75) is 0 Å². The van der Waals surface area contributed by atoms with Gasteiger partial charge in [-0.2, -0.15) is 0 Å². The maximum Gasteiger partial charge on any atom is 0.405 e. The molecule has 0 heterocycles. The lowest BCUT2D eigenvalue weighted by molar-refractivity contribution is 0.228. The molecular formula is C12H8FNO. The Morgan fingerprint density at radius 3 is 2.33 bits per heavy atom. The number of hydrogen-bond acceptors (Lipinski definition) is 1. The van der Waals surface area contributed by atoms with E-state index in [1.807, 2.05) is 0 Å². The maximum absolute atomic E-state index is 12.6. The summed E-state index contributed by atoms with van der Waals surface area (Å²) in [7, 11) is 0. The molecule has 0 saturated carbocycles. The number of terminal acetylenes is 2. The van der Waals surface area contributed by atoms with Crippen molar-refractivity contribution in [2.24, 2.45) is 0 Å². The Balaban J connectivity index is 2.98. The zero-order chi connectivity index (χ0) is 11.3. The van der Waals surface area contributed by atoms with Crippen molar-refractivity contribution in [1.82, 2.24) is 0 Å². The Morgan fingerprint density at radius 1 is 1.33 bits per heavy atom. The van der Waals surface area contributed by atoms with Gasteiger partial charge in [0.1, 0.15) is 0 Å². The molecular weight excluding hydrogens is 193 g/mol. The van der Waals surface area contributed by atoms with Gasteiger partial charge >= 0.3 is 6.16 Å². The van der Waals surface area contributed by atoms with E-state index in [0.29, 0.717) is 11.3 Å². The molecule has 0 fully saturated rings. The quantitative estimate of drug-likeness (QED) is 0.408. The number of carbonyl (C=O) groups excluding carboxylic acids is 1. The highest BCUT2D eigenvalue weighted by atomic mass is 19.1. The largest absolute Gasteiger partial charge is 0.405 e. The molecule has 1 aromatic carbocycles. The van der Waals surface area contributed by atoms with Gasteiger partial charge in [-0.3, -0.25) is 4.90 Å². The lowest BCUT2D eigenvalue weighted by Crippen LogP contribution is -2.26. The SMILES string of the molecule is C#CCN(C(=O)F)c1ccc(C#C)cc1. The number of carbonyl (C=O) groups is 1. The van der Waals surface area contributed by atoms with Crippen LogP contribution in [0.25, 0.3) is 0 Å². The number of anilines is 1. The minimum absolute atomic E-state index is 0.106. The molecule has 0 unspecified atom stereocenters. The van der Waals surface area contributed by atoms with Gasteiger partial charge in [0.2, 0.25) is 0 Å². The number of rotatable bonds is 2. The minimum Gasteiger partial charge on any atom is -0.273 e. The summed E-state index contributed by atoms with van der Waals surface area (Å²) in [6.45, 7) is -0.106. The first-order valence-corrected chi connectivity index (χ1v) is 4.16. The monoisotopic (exact) mass is 201 g/mol. The molecule has 0 bridgehead atoms. The van der Waals surface area contributed by atoms with Crippen molar-refractivity contribution in [1.29, 1.82) is 0 Å². The zero-order valence-electron chi connectivity index (χ0n) is 7.90. The lowest BCUT2D eigenvalue weighted by Gasteiger charge is -2.15. The van der Waals surface area contributed by atoms with Gasteiger partial charge in [0, 0.05) is 11.3 Å². The maximum atomic E-state index is 12.6. The smallest absolute Gasteiger partial charge is 0.273 e. The lowest BCUT2D eigenvalue weighted by atomic mass is 10.2. The van der Waals surface area contributed by atoms with Crippen LogP contribution in [-0.2, 0) is 0 Å². The van der Waals surface area contributed by atoms with Gasteiger partial charge in [-0.15, -0.1) is 17.2 Å². The Hall–Kier alpha value is -2.26. The van der Waals surface area contributed by atoms with Crippen molar-refractivity contribution in [2.75, 3.05) is 11.4 Å². The van der Waals surface area contributed by atoms with E-state index in [-0.39, 0.29) is 6.54 Å². The number of benzene rings is 1. The van der Waals surface area contributed by atoms with Crippen molar-refractivity contribution < 1.29 is 9.18 Å². The van der Waals surface area contributed by atoms with Crippen LogP contribution in [0.4, 0.5) is 14.9 Å². The van der Waals surface area contributed by atoms with Crippen LogP contribution >= 0.6 is 0 Å². The average Bonchev–Trinajstić information content (AvgIpc) is 2.26. The topological polar surface area (TPSA) is 20.3 Å². The predicted molar refractivity (Wildman–Crippen MR) is 57.1 cm³/mol. The molecule has 0 N–H and O–H groups in total. The van der Waals surface area contributed by atoms with Crippen molar-refractivity contribution in [3.05, 3.63) is 29.8 Å². The van der Waals surface area contributed by atoms with Gasteiger partial charge in [0.15, 0.2) is 0 Å². The molecule has 0 saturated heterocycles. The first-order chi connectivity index (χ1) is 7.19. The second kappa shape index (κ2) is 4.83. The normalized spacial score (nSPS) is 8.73. The molecule has 0 aliphatic heterocycles. The second-order valence-electron chi connectivity index (χ2n) is 2.73. The van der Waals surface area contributed by atoms with Gasteiger partial charge < -0.3 is 0 Å². The van der Waals surface area contributed by atoms with Gasteiger partial charge in [-0.1, -0.05) is 11.8 Å². The molecule has 74 valence electrons. The van der Waals surface area contributed by atoms with E-state index < -0.39 is 6.16 Å². The number of halogens is 1. The van der Waals surface area contributed by atoms with Crippen LogP contribution in [0.1, 0.15) is 5.56 Å². The molecule has 3 heteroatoms. The van der Waals surface area contributed by atoms with Crippen molar-refractivity contribution in [3.63, 3.8) is 0 Å². The number of nitrogens with zero attached hydrogens (tertiary/aromatic N) is 1. The van der Waals surface area contributed by atoms with E-state index >= 15 is 0 Å². The third-order valence-electron chi connectivity index (χ3n) is 1.81. The van der Waals surface area contributed by atoms with Crippen LogP contribution in [-0.4, -0.2) is 12.7 Å². The standard InChI is InChI=1S/C12H8FNO/c1-3-9-14(12(13)15)11-7-5-10(4-2)6-8-11/h1-2,5-8H,9H2. The fourth-order valence-corrected chi connectivity index (χ4v) is 1.08. The van der Waals surface area contributed by atoms with E-state index in [1.54, 1.807) is 24.3 Å². The van der Waals surface area contributed by atoms with Gasteiger partial charge in [-0.05, 0) is 24.3 Å². The Bertz CT molecular complexity index is 436. The first kappa shape index (κ1) is 10.8. The average molecular weight is 201 g/mol. The van der Waals surface area contributed by atoms with Crippen molar-refractivity contribution >= 4 is 11.8 Å². The Morgan fingerprint density at radius 2 is 1.93 bits per heavy atom. The molecule has 0 aliphatic carbocycles. The predicted octanol–water partition coefficient (Wildman–Crippen LogP) is 2.20. The highest BCUT2D eigenvalue weighted by Gasteiger charge is 2.12. The van der Waals surface area contributed by atoms with Gasteiger partial charge in [-0.25, -0.2) is 4.79 Å². The van der Waals surface area contributed by atoms with E-state index in [0.717, 1.165) is 4.90 Å². The molecule has 0 aliphatic rings. The third kappa shape index (κ3) is 2.59. The highest BCUT2D eigenvalue weighted by Crippen LogP contribution is 2.15. The molecule has 2 nitrogen and oxygen atoms in total. The molecule has 1 rings (SSSR count). The summed E-state index contributed by atoms with van der Waals surface area (Å²) in [6.07, 6.45) is 8.59. The summed E-state index contributed by atoms with van der Waals surface area (Å²) in [5.41, 5.74) is 1.05. The number of hydrogen-bond donors (Lipinski definition) is 0. The fourth-order valence-electron chi connectivity index (χ4n) is 1.08. The van der Waals surface area contributed by atoms with E-state index in [2.05, 4.69) is 11.8 Å². The summed E-state index contributed by atoms with van der Waals surface area (Å²) in [5.74, 6) is 4.62. The van der Waals surface area contributed by atoms with Crippen LogP contribution < -0.4 is 4.90 Å². The molecule has 1 aromatic rings. The molecule has 0 atom stereocenters. The van der Waals surface area contributed by atoms with Crippen LogP contribution in [0.2, 0.25) is 0 Å². The summed E-state index contributed by atoms with van der Waals surface area (Å²) in [6, 6.07) is 6.32. The highest BCUT2D eigenvalue weighted by molar-refractivity contribution is 5.87. The summed E-state index contributed by atoms with van der Waals surface area (Å²) in [4.78, 5) is 11.5. The zero-order valence-corrected chi connectivity index (χ0v) is 7.90. The molecule has 0 aromatic heterocycles. The van der Waals surface area contributed by atoms with E-state index in [9.17, 15) is 9.18 Å². The minimum atomic E-state index is -1.58. The van der Waals surface area contributed by atoms with Gasteiger partial charge in [0.05, 0.1) is 6.54 Å². The third-order valence-corrected chi connectivity index (χ3v) is 1.81. The van der Waals surface area contributed by atoms with E-state index in [1.165, 1.54) is 0 Å². The van der Waals surface area contributed by atoms with E-state index in [4.69, 9.17) is 12.8 Å². The summed E-state index contributed by atoms with van der Waals surface area (Å²) < 4.78 is 12.6.